The van der Waals surface area contributed by atoms with Crippen molar-refractivity contribution in [2.75, 3.05) is 6.61 Å². The second-order valence-electron chi connectivity index (χ2n) is 7.13. The number of fused-ring (bicyclic) bond motifs is 1. The predicted octanol–water partition coefficient (Wildman–Crippen LogP) is 2.21. The highest BCUT2D eigenvalue weighted by molar-refractivity contribution is 5.83. The van der Waals surface area contributed by atoms with Gasteiger partial charge in [-0.15, -0.1) is 0 Å². The molecule has 7 heteroatoms. The van der Waals surface area contributed by atoms with Gasteiger partial charge < -0.3 is 10.1 Å². The first-order valence-corrected chi connectivity index (χ1v) is 9.41. The highest BCUT2D eigenvalue weighted by atomic mass is 16.5. The van der Waals surface area contributed by atoms with Crippen molar-refractivity contribution in [3.63, 3.8) is 0 Å². The molecule has 2 aromatic heterocycles. The van der Waals surface area contributed by atoms with E-state index < -0.39 is 0 Å². The molecule has 28 heavy (non-hydrogen) atoms. The van der Waals surface area contributed by atoms with E-state index in [1.165, 1.54) is 17.5 Å². The van der Waals surface area contributed by atoms with Crippen LogP contribution in [0.15, 0.2) is 47.4 Å². The van der Waals surface area contributed by atoms with Crippen molar-refractivity contribution < 1.29 is 9.53 Å². The Labute approximate surface area is 162 Å². The van der Waals surface area contributed by atoms with Crippen molar-refractivity contribution in [3.05, 3.63) is 64.2 Å². The molecular weight excluding hydrogens is 356 g/mol. The van der Waals surface area contributed by atoms with E-state index >= 15 is 0 Å². The molecule has 1 saturated carbocycles. The van der Waals surface area contributed by atoms with E-state index in [-0.39, 0.29) is 18.0 Å². The number of carbonyl (C=O) groups excluding carboxylic acids is 1. The lowest BCUT2D eigenvalue weighted by atomic mass is 10.1. The normalized spacial score (nSPS) is 13.5. The lowest BCUT2D eigenvalue weighted by Gasteiger charge is -2.10. The number of aryl methyl sites for hydroxylation is 1. The molecule has 0 aliphatic heterocycles. The number of benzene rings is 1. The molecule has 0 spiro atoms. The summed E-state index contributed by atoms with van der Waals surface area (Å²) in [5.74, 6) is 0.999. The van der Waals surface area contributed by atoms with Gasteiger partial charge in [-0.1, -0.05) is 24.3 Å². The van der Waals surface area contributed by atoms with Crippen molar-refractivity contribution >= 4 is 16.7 Å². The Hall–Kier alpha value is -3.22. The summed E-state index contributed by atoms with van der Waals surface area (Å²) in [7, 11) is 0. The third-order valence-corrected chi connectivity index (χ3v) is 4.80. The molecule has 0 bridgehead atoms. The van der Waals surface area contributed by atoms with Gasteiger partial charge in [0.25, 0.3) is 5.56 Å². The summed E-state index contributed by atoms with van der Waals surface area (Å²) in [5.41, 5.74) is 1.31. The zero-order valence-corrected chi connectivity index (χ0v) is 15.7. The molecule has 1 aliphatic carbocycles. The van der Waals surface area contributed by atoms with Crippen LogP contribution in [0.3, 0.4) is 0 Å². The predicted molar refractivity (Wildman–Crippen MR) is 105 cm³/mol. The Balaban J connectivity index is 1.36. The van der Waals surface area contributed by atoms with Crippen LogP contribution in [0.4, 0.5) is 0 Å². The van der Waals surface area contributed by atoms with Crippen LogP contribution in [0.25, 0.3) is 10.8 Å². The standard InChI is InChI=1S/C21H22N4O3/c1-14-17-4-2-3-5-18(17)21(27)25(24-14)12-19(26)22-10-16-8-9-20(23-11-16)28-13-15-6-7-15/h2-5,8-9,11,15H,6-7,10,12-13H2,1H3,(H,22,26). The molecule has 1 aliphatic rings. The Kier molecular flexibility index (Phi) is 5.06. The van der Waals surface area contributed by atoms with Gasteiger partial charge in [-0.2, -0.15) is 5.10 Å². The van der Waals surface area contributed by atoms with Crippen LogP contribution in [-0.2, 0) is 17.9 Å². The summed E-state index contributed by atoms with van der Waals surface area (Å²) in [5, 5.41) is 8.43. The zero-order valence-electron chi connectivity index (χ0n) is 15.7. The number of amides is 1. The Morgan fingerprint density at radius 3 is 2.71 bits per heavy atom. The van der Waals surface area contributed by atoms with Gasteiger partial charge in [0.1, 0.15) is 6.54 Å². The number of ether oxygens (including phenoxy) is 1. The lowest BCUT2D eigenvalue weighted by Crippen LogP contribution is -2.33. The van der Waals surface area contributed by atoms with Crippen molar-refractivity contribution in [3.8, 4) is 5.88 Å². The maximum Gasteiger partial charge on any atom is 0.275 e. The highest BCUT2D eigenvalue weighted by Gasteiger charge is 2.22. The number of nitrogens with zero attached hydrogens (tertiary/aromatic N) is 3. The van der Waals surface area contributed by atoms with E-state index in [0.29, 0.717) is 29.4 Å². The number of hydrogen-bond donors (Lipinski definition) is 1. The van der Waals surface area contributed by atoms with Crippen molar-refractivity contribution in [2.45, 2.75) is 32.9 Å². The molecule has 1 aromatic carbocycles. The van der Waals surface area contributed by atoms with Crippen molar-refractivity contribution in [2.24, 2.45) is 5.92 Å². The van der Waals surface area contributed by atoms with Gasteiger partial charge in [0.15, 0.2) is 0 Å². The van der Waals surface area contributed by atoms with Crippen LogP contribution < -0.4 is 15.6 Å². The average molecular weight is 378 g/mol. The Bertz CT molecular complexity index is 1060. The number of aromatic nitrogens is 3. The minimum absolute atomic E-state index is 0.124. The lowest BCUT2D eigenvalue weighted by molar-refractivity contribution is -0.122. The molecule has 0 radical (unpaired) electrons. The molecule has 7 nitrogen and oxygen atoms in total. The molecular formula is C21H22N4O3. The van der Waals surface area contributed by atoms with E-state index in [2.05, 4.69) is 15.4 Å². The minimum atomic E-state index is -0.279. The highest BCUT2D eigenvalue weighted by Crippen LogP contribution is 2.29. The number of hydrogen-bond acceptors (Lipinski definition) is 5. The molecule has 1 fully saturated rings. The van der Waals surface area contributed by atoms with Gasteiger partial charge in [0.05, 0.1) is 17.7 Å². The molecule has 1 N–H and O–H groups in total. The number of pyridine rings is 1. The molecule has 4 rings (SSSR count). The van der Waals surface area contributed by atoms with E-state index in [1.54, 1.807) is 18.3 Å². The fraction of sp³-hybridized carbons (Fsp3) is 0.333. The van der Waals surface area contributed by atoms with E-state index in [1.807, 2.05) is 31.2 Å². The summed E-state index contributed by atoms with van der Waals surface area (Å²) in [4.78, 5) is 29.1. The monoisotopic (exact) mass is 378 g/mol. The van der Waals surface area contributed by atoms with Gasteiger partial charge in [-0.3, -0.25) is 9.59 Å². The number of rotatable bonds is 7. The fourth-order valence-corrected chi connectivity index (χ4v) is 2.99. The van der Waals surface area contributed by atoms with Gasteiger partial charge in [-0.25, -0.2) is 9.67 Å². The van der Waals surface area contributed by atoms with Gasteiger partial charge in [-0.05, 0) is 37.3 Å². The number of nitrogens with one attached hydrogen (secondary N) is 1. The maximum absolute atomic E-state index is 12.5. The summed E-state index contributed by atoms with van der Waals surface area (Å²) in [6.45, 7) is 2.75. The van der Waals surface area contributed by atoms with E-state index in [9.17, 15) is 9.59 Å². The molecule has 0 unspecified atom stereocenters. The van der Waals surface area contributed by atoms with Crippen LogP contribution >= 0.6 is 0 Å². The summed E-state index contributed by atoms with van der Waals surface area (Å²) < 4.78 is 6.81. The fourth-order valence-electron chi connectivity index (χ4n) is 2.99. The average Bonchev–Trinajstić information content (AvgIpc) is 3.54. The number of carbonyl (C=O) groups is 1. The molecule has 144 valence electrons. The second-order valence-corrected chi connectivity index (χ2v) is 7.13. The Morgan fingerprint density at radius 2 is 2.00 bits per heavy atom. The first-order chi connectivity index (χ1) is 13.6. The van der Waals surface area contributed by atoms with Crippen LogP contribution in [0.2, 0.25) is 0 Å². The van der Waals surface area contributed by atoms with E-state index in [4.69, 9.17) is 4.74 Å². The topological polar surface area (TPSA) is 86.1 Å². The third kappa shape index (κ3) is 4.19. The molecule has 0 saturated heterocycles. The van der Waals surface area contributed by atoms with Crippen molar-refractivity contribution in [1.29, 1.82) is 0 Å². The van der Waals surface area contributed by atoms with Gasteiger partial charge in [0.2, 0.25) is 11.8 Å². The quantitative estimate of drug-likeness (QED) is 0.681. The summed E-state index contributed by atoms with van der Waals surface area (Å²) >= 11 is 0. The largest absolute Gasteiger partial charge is 0.477 e. The first kappa shape index (κ1) is 18.2. The molecule has 0 atom stereocenters. The maximum atomic E-state index is 12.5. The zero-order chi connectivity index (χ0) is 19.5. The smallest absolute Gasteiger partial charge is 0.275 e. The second kappa shape index (κ2) is 7.80. The van der Waals surface area contributed by atoms with Crippen LogP contribution in [0.5, 0.6) is 5.88 Å². The van der Waals surface area contributed by atoms with Gasteiger partial charge in [0, 0.05) is 24.2 Å². The summed E-state index contributed by atoms with van der Waals surface area (Å²) in [6.07, 6.45) is 4.16. The Morgan fingerprint density at radius 1 is 1.21 bits per heavy atom. The van der Waals surface area contributed by atoms with Gasteiger partial charge >= 0.3 is 0 Å². The third-order valence-electron chi connectivity index (χ3n) is 4.80. The van der Waals surface area contributed by atoms with Crippen LogP contribution in [0.1, 0.15) is 24.1 Å². The molecule has 3 aromatic rings. The molecule has 2 heterocycles. The SMILES string of the molecule is Cc1nn(CC(=O)NCc2ccc(OCC3CC3)nc2)c(=O)c2ccccc12. The summed E-state index contributed by atoms with van der Waals surface area (Å²) in [6, 6.07) is 11.0. The van der Waals surface area contributed by atoms with Crippen LogP contribution in [0, 0.1) is 12.8 Å². The van der Waals surface area contributed by atoms with Crippen LogP contribution in [-0.4, -0.2) is 27.3 Å². The first-order valence-electron chi connectivity index (χ1n) is 9.41. The van der Waals surface area contributed by atoms with E-state index in [0.717, 1.165) is 17.6 Å². The molecule has 1 amide bonds. The minimum Gasteiger partial charge on any atom is -0.477 e. The van der Waals surface area contributed by atoms with Crippen molar-refractivity contribution in [1.82, 2.24) is 20.1 Å².